The van der Waals surface area contributed by atoms with Crippen LogP contribution in [0.25, 0.3) is 0 Å². The van der Waals surface area contributed by atoms with Crippen LogP contribution < -0.4 is 0 Å². The molecule has 0 fully saturated rings. The van der Waals surface area contributed by atoms with Crippen molar-refractivity contribution in [3.63, 3.8) is 0 Å². The van der Waals surface area contributed by atoms with Crippen molar-refractivity contribution in [2.45, 2.75) is 18.7 Å². The van der Waals surface area contributed by atoms with Crippen molar-refractivity contribution >= 4 is 34.2 Å². The molecule has 0 unspecified atom stereocenters. The second-order valence-corrected chi connectivity index (χ2v) is 4.03. The second-order valence-electron chi connectivity index (χ2n) is 2.68. The summed E-state index contributed by atoms with van der Waals surface area (Å²) in [5.41, 5.74) is 2.37. The molecule has 0 saturated heterocycles. The van der Waals surface area contributed by atoms with Gasteiger partial charge in [-0.1, -0.05) is 18.2 Å². The first-order chi connectivity index (χ1) is 6.29. The third-order valence-electron chi connectivity index (χ3n) is 1.81. The standard InChI is InChI=1S/C10H9ClIN/c11-7-9-4-1-3-8(10(9)12)5-2-6-13/h1,3-4H,2,5,7H2. The predicted octanol–water partition coefficient (Wildman–Crippen LogP) is 3.49. The molecular formula is C10H9ClIN. The van der Waals surface area contributed by atoms with Crippen LogP contribution in [0, 0.1) is 14.9 Å². The van der Waals surface area contributed by atoms with Crippen LogP contribution in [0.1, 0.15) is 17.5 Å². The Labute approximate surface area is 96.8 Å². The van der Waals surface area contributed by atoms with Crippen LogP contribution in [-0.4, -0.2) is 0 Å². The Morgan fingerprint density at radius 1 is 1.38 bits per heavy atom. The average Bonchev–Trinajstić information content (AvgIpc) is 2.16. The minimum Gasteiger partial charge on any atom is -0.198 e. The van der Waals surface area contributed by atoms with Gasteiger partial charge in [-0.2, -0.15) is 5.26 Å². The van der Waals surface area contributed by atoms with E-state index >= 15 is 0 Å². The molecule has 1 nitrogen and oxygen atoms in total. The quantitative estimate of drug-likeness (QED) is 0.619. The Hall–Kier alpha value is -0.270. The lowest BCUT2D eigenvalue weighted by molar-refractivity contribution is 0.997. The molecule has 0 bridgehead atoms. The van der Waals surface area contributed by atoms with Crippen molar-refractivity contribution in [2.24, 2.45) is 0 Å². The van der Waals surface area contributed by atoms with Gasteiger partial charge in [-0.3, -0.25) is 0 Å². The van der Waals surface area contributed by atoms with Crippen molar-refractivity contribution < 1.29 is 0 Å². The number of hydrogen-bond donors (Lipinski definition) is 0. The van der Waals surface area contributed by atoms with Crippen LogP contribution in [0.2, 0.25) is 0 Å². The van der Waals surface area contributed by atoms with Crippen LogP contribution in [-0.2, 0) is 12.3 Å². The summed E-state index contributed by atoms with van der Waals surface area (Å²) in [4.78, 5) is 0. The van der Waals surface area contributed by atoms with E-state index < -0.39 is 0 Å². The average molecular weight is 306 g/mol. The molecule has 3 heteroatoms. The van der Waals surface area contributed by atoms with Gasteiger partial charge in [0.15, 0.2) is 0 Å². The van der Waals surface area contributed by atoms with Gasteiger partial charge in [-0.15, -0.1) is 11.6 Å². The molecule has 0 atom stereocenters. The molecule has 0 N–H and O–H groups in total. The highest BCUT2D eigenvalue weighted by molar-refractivity contribution is 14.1. The van der Waals surface area contributed by atoms with E-state index in [-0.39, 0.29) is 0 Å². The minimum absolute atomic E-state index is 0.540. The molecule has 13 heavy (non-hydrogen) atoms. The van der Waals surface area contributed by atoms with E-state index in [1.54, 1.807) is 0 Å². The summed E-state index contributed by atoms with van der Waals surface area (Å²) in [5.74, 6) is 0.540. The topological polar surface area (TPSA) is 23.8 Å². The summed E-state index contributed by atoms with van der Waals surface area (Å²) < 4.78 is 1.20. The van der Waals surface area contributed by atoms with Gasteiger partial charge in [0.25, 0.3) is 0 Å². The van der Waals surface area contributed by atoms with Crippen molar-refractivity contribution in [3.05, 3.63) is 32.9 Å². The fraction of sp³-hybridized carbons (Fsp3) is 0.300. The number of halogens is 2. The molecule has 68 valence electrons. The summed E-state index contributed by atoms with van der Waals surface area (Å²) in [6.07, 6.45) is 1.39. The Balaban J connectivity index is 2.89. The molecule has 0 amide bonds. The second kappa shape index (κ2) is 5.46. The smallest absolute Gasteiger partial charge is 0.0625 e. The molecule has 0 aromatic heterocycles. The lowest BCUT2D eigenvalue weighted by Crippen LogP contribution is -1.93. The summed E-state index contributed by atoms with van der Waals surface area (Å²) in [6, 6.07) is 8.21. The van der Waals surface area contributed by atoms with E-state index in [9.17, 15) is 0 Å². The first-order valence-corrected chi connectivity index (χ1v) is 5.60. The number of hydrogen-bond acceptors (Lipinski definition) is 1. The van der Waals surface area contributed by atoms with E-state index in [1.165, 1.54) is 9.13 Å². The summed E-state index contributed by atoms with van der Waals surface area (Å²) in [7, 11) is 0. The fourth-order valence-corrected chi connectivity index (χ4v) is 2.39. The van der Waals surface area contributed by atoms with Crippen LogP contribution in [0.3, 0.4) is 0 Å². The maximum atomic E-state index is 8.47. The third-order valence-corrected chi connectivity index (χ3v) is 3.48. The maximum Gasteiger partial charge on any atom is 0.0625 e. The summed E-state index contributed by atoms with van der Waals surface area (Å²) in [6.45, 7) is 0. The molecule has 0 saturated carbocycles. The SMILES string of the molecule is N#CCCc1cccc(CCl)c1I. The highest BCUT2D eigenvalue weighted by atomic mass is 127. The van der Waals surface area contributed by atoms with Crippen molar-refractivity contribution in [2.75, 3.05) is 0 Å². The van der Waals surface area contributed by atoms with E-state index in [0.717, 1.165) is 12.0 Å². The maximum absolute atomic E-state index is 8.47. The third kappa shape index (κ3) is 2.85. The summed E-state index contributed by atoms with van der Waals surface area (Å²) in [5, 5.41) is 8.47. The first-order valence-electron chi connectivity index (χ1n) is 3.98. The molecule has 1 aromatic rings. The highest BCUT2D eigenvalue weighted by Crippen LogP contribution is 2.20. The van der Waals surface area contributed by atoms with Crippen LogP contribution >= 0.6 is 34.2 Å². The van der Waals surface area contributed by atoms with Gasteiger partial charge >= 0.3 is 0 Å². The van der Waals surface area contributed by atoms with Crippen LogP contribution in [0.15, 0.2) is 18.2 Å². The van der Waals surface area contributed by atoms with Gasteiger partial charge < -0.3 is 0 Å². The Kier molecular flexibility index (Phi) is 4.54. The van der Waals surface area contributed by atoms with Gasteiger partial charge in [0.05, 0.1) is 6.07 Å². The predicted molar refractivity (Wildman–Crippen MR) is 62.7 cm³/mol. The van der Waals surface area contributed by atoms with E-state index in [4.69, 9.17) is 16.9 Å². The molecule has 0 spiro atoms. The van der Waals surface area contributed by atoms with Crippen molar-refractivity contribution in [1.82, 2.24) is 0 Å². The molecule has 0 aliphatic carbocycles. The zero-order chi connectivity index (χ0) is 9.68. The molecular weight excluding hydrogens is 296 g/mol. The summed E-state index contributed by atoms with van der Waals surface area (Å²) >= 11 is 8.06. The fourth-order valence-electron chi connectivity index (χ4n) is 1.12. The normalized spacial score (nSPS) is 9.62. The number of aryl methyl sites for hydroxylation is 1. The van der Waals surface area contributed by atoms with Crippen molar-refractivity contribution in [1.29, 1.82) is 5.26 Å². The lowest BCUT2D eigenvalue weighted by atomic mass is 10.1. The van der Waals surface area contributed by atoms with Crippen molar-refractivity contribution in [3.8, 4) is 6.07 Å². The number of benzene rings is 1. The van der Waals surface area contributed by atoms with Crippen LogP contribution in [0.5, 0.6) is 0 Å². The van der Waals surface area contributed by atoms with Crippen LogP contribution in [0.4, 0.5) is 0 Å². The van der Waals surface area contributed by atoms with Gasteiger partial charge in [0.2, 0.25) is 0 Å². The Bertz CT molecular complexity index is 330. The van der Waals surface area contributed by atoms with Gasteiger partial charge in [-0.25, -0.2) is 0 Å². The number of nitrogens with zero attached hydrogens (tertiary/aromatic N) is 1. The molecule has 0 radical (unpaired) electrons. The van der Waals surface area contributed by atoms with E-state index in [2.05, 4.69) is 34.7 Å². The molecule has 1 rings (SSSR count). The van der Waals surface area contributed by atoms with Gasteiger partial charge in [0, 0.05) is 15.9 Å². The number of rotatable bonds is 3. The molecule has 0 aliphatic heterocycles. The van der Waals surface area contributed by atoms with E-state index in [1.807, 2.05) is 12.1 Å². The first kappa shape index (κ1) is 10.8. The van der Waals surface area contributed by atoms with E-state index in [0.29, 0.717) is 12.3 Å². The largest absolute Gasteiger partial charge is 0.198 e. The lowest BCUT2D eigenvalue weighted by Gasteiger charge is -2.05. The van der Waals surface area contributed by atoms with Gasteiger partial charge in [0.1, 0.15) is 0 Å². The number of nitriles is 1. The molecule has 0 heterocycles. The highest BCUT2D eigenvalue weighted by Gasteiger charge is 2.03. The van der Waals surface area contributed by atoms with Gasteiger partial charge in [-0.05, 0) is 40.1 Å². The number of alkyl halides is 1. The Morgan fingerprint density at radius 3 is 2.69 bits per heavy atom. The Morgan fingerprint density at radius 2 is 2.08 bits per heavy atom. The zero-order valence-corrected chi connectivity index (χ0v) is 9.97. The monoisotopic (exact) mass is 305 g/mol. The molecule has 1 aromatic carbocycles. The molecule has 0 aliphatic rings. The zero-order valence-electron chi connectivity index (χ0n) is 7.06. The minimum atomic E-state index is 0.540.